The van der Waals surface area contributed by atoms with Crippen molar-refractivity contribution in [3.05, 3.63) is 0 Å². The Hall–Kier alpha value is -0.280. The molecule has 0 heterocycles. The van der Waals surface area contributed by atoms with Crippen LogP contribution in [0.25, 0.3) is 0 Å². The van der Waals surface area contributed by atoms with Crippen LogP contribution in [0.4, 0.5) is 0 Å². The third kappa shape index (κ3) is 7.82. The van der Waals surface area contributed by atoms with E-state index in [-0.39, 0.29) is 25.6 Å². The SMILES string of the molecule is NCC(=O)NCCOS(=O)(O)=S. The average Bonchev–Trinajstić information content (AvgIpc) is 1.96. The highest BCUT2D eigenvalue weighted by Gasteiger charge is 2.00. The molecule has 1 atom stereocenters. The number of nitrogens with one attached hydrogen (secondary N) is 1. The molecule has 6 nitrogen and oxygen atoms in total. The van der Waals surface area contributed by atoms with Gasteiger partial charge in [-0.2, -0.15) is 4.21 Å². The second-order valence-electron chi connectivity index (χ2n) is 1.80. The van der Waals surface area contributed by atoms with Gasteiger partial charge < -0.3 is 11.1 Å². The first kappa shape index (κ1) is 11.7. The van der Waals surface area contributed by atoms with Crippen LogP contribution < -0.4 is 11.1 Å². The maximum atomic E-state index is 10.5. The fourth-order valence-corrected chi connectivity index (χ4v) is 0.908. The molecule has 0 rings (SSSR count). The lowest BCUT2D eigenvalue weighted by molar-refractivity contribution is -0.119. The Morgan fingerprint density at radius 3 is 2.75 bits per heavy atom. The Balaban J connectivity index is 3.40. The number of carbonyl (C=O) groups excluding carboxylic acids is 1. The summed E-state index contributed by atoms with van der Waals surface area (Å²) in [5.74, 6) is -0.354. The van der Waals surface area contributed by atoms with Crippen molar-refractivity contribution in [2.24, 2.45) is 5.73 Å². The van der Waals surface area contributed by atoms with Gasteiger partial charge in [0.1, 0.15) is 0 Å². The molecule has 1 unspecified atom stereocenters. The van der Waals surface area contributed by atoms with E-state index in [1.165, 1.54) is 0 Å². The Morgan fingerprint density at radius 2 is 2.33 bits per heavy atom. The van der Waals surface area contributed by atoms with Gasteiger partial charge in [-0.1, -0.05) is 0 Å². The minimum atomic E-state index is -3.58. The van der Waals surface area contributed by atoms with Gasteiger partial charge in [-0.3, -0.25) is 13.5 Å². The van der Waals surface area contributed by atoms with Crippen LogP contribution in [0.3, 0.4) is 0 Å². The molecule has 0 aromatic carbocycles. The molecule has 72 valence electrons. The van der Waals surface area contributed by atoms with Crippen molar-refractivity contribution in [2.45, 2.75) is 0 Å². The van der Waals surface area contributed by atoms with Crippen LogP contribution >= 0.6 is 0 Å². The summed E-state index contributed by atoms with van der Waals surface area (Å²) < 4.78 is 23.0. The van der Waals surface area contributed by atoms with Crippen molar-refractivity contribution in [3.63, 3.8) is 0 Å². The van der Waals surface area contributed by atoms with E-state index in [2.05, 4.69) is 20.7 Å². The van der Waals surface area contributed by atoms with Crippen LogP contribution in [0.15, 0.2) is 0 Å². The molecule has 0 saturated carbocycles. The predicted octanol–water partition coefficient (Wildman–Crippen LogP) is -1.79. The molecule has 0 saturated heterocycles. The van der Waals surface area contributed by atoms with Crippen LogP contribution in [0.5, 0.6) is 0 Å². The molecule has 0 aliphatic rings. The van der Waals surface area contributed by atoms with Gasteiger partial charge >= 0.3 is 0 Å². The number of nitrogens with two attached hydrogens (primary N) is 1. The van der Waals surface area contributed by atoms with E-state index >= 15 is 0 Å². The van der Waals surface area contributed by atoms with Crippen molar-refractivity contribution in [1.29, 1.82) is 0 Å². The molecule has 12 heavy (non-hydrogen) atoms. The van der Waals surface area contributed by atoms with Gasteiger partial charge in [0.15, 0.2) is 0 Å². The van der Waals surface area contributed by atoms with Crippen LogP contribution in [0, 0.1) is 0 Å². The van der Waals surface area contributed by atoms with Crippen molar-refractivity contribution < 1.29 is 17.7 Å². The zero-order valence-electron chi connectivity index (χ0n) is 6.19. The molecular formula is C4H10N2O4S2. The molecule has 8 heteroatoms. The average molecular weight is 214 g/mol. The van der Waals surface area contributed by atoms with E-state index < -0.39 is 9.05 Å². The van der Waals surface area contributed by atoms with Crippen LogP contribution in [0.2, 0.25) is 0 Å². The van der Waals surface area contributed by atoms with E-state index in [0.717, 1.165) is 0 Å². The molecule has 0 radical (unpaired) electrons. The fourth-order valence-electron chi connectivity index (χ4n) is 0.410. The highest BCUT2D eigenvalue weighted by molar-refractivity contribution is 8.27. The number of hydrogen-bond acceptors (Lipinski definition) is 5. The van der Waals surface area contributed by atoms with Gasteiger partial charge in [0.05, 0.1) is 13.2 Å². The second kappa shape index (κ2) is 5.38. The molecule has 0 aliphatic carbocycles. The van der Waals surface area contributed by atoms with Crippen molar-refractivity contribution in [3.8, 4) is 0 Å². The molecule has 0 fully saturated rings. The second-order valence-corrected chi connectivity index (χ2v) is 4.16. The number of amides is 1. The Bertz CT molecular complexity index is 237. The predicted molar refractivity (Wildman–Crippen MR) is 46.2 cm³/mol. The number of rotatable bonds is 5. The molecular weight excluding hydrogens is 204 g/mol. The van der Waals surface area contributed by atoms with Gasteiger partial charge in [0.25, 0.3) is 9.05 Å². The zero-order valence-corrected chi connectivity index (χ0v) is 7.82. The van der Waals surface area contributed by atoms with Crippen molar-refractivity contribution >= 4 is 26.1 Å². The summed E-state index contributed by atoms with van der Waals surface area (Å²) in [6.45, 7) is -0.114. The van der Waals surface area contributed by atoms with E-state index in [1.807, 2.05) is 0 Å². The molecule has 0 aromatic rings. The highest BCUT2D eigenvalue weighted by atomic mass is 32.9. The summed E-state index contributed by atoms with van der Waals surface area (Å²) >= 11 is 4.02. The third-order valence-electron chi connectivity index (χ3n) is 0.842. The Morgan fingerprint density at radius 1 is 1.75 bits per heavy atom. The number of carbonyl (C=O) groups is 1. The maximum Gasteiger partial charge on any atom is 0.266 e. The van der Waals surface area contributed by atoms with E-state index in [4.69, 9.17) is 10.3 Å². The first-order chi connectivity index (χ1) is 5.45. The number of hydrogen-bond donors (Lipinski definition) is 3. The third-order valence-corrected chi connectivity index (χ3v) is 1.60. The molecule has 4 N–H and O–H groups in total. The molecule has 0 bridgehead atoms. The summed E-state index contributed by atoms with van der Waals surface area (Å²) in [6, 6.07) is 0. The Kier molecular flexibility index (Phi) is 5.25. The summed E-state index contributed by atoms with van der Waals surface area (Å²) in [6.07, 6.45) is 0. The van der Waals surface area contributed by atoms with Crippen molar-refractivity contribution in [1.82, 2.24) is 5.32 Å². The van der Waals surface area contributed by atoms with Gasteiger partial charge in [-0.05, 0) is 0 Å². The highest BCUT2D eigenvalue weighted by Crippen LogP contribution is 1.84. The zero-order chi connectivity index (χ0) is 9.61. The minimum absolute atomic E-state index is 0.107. The minimum Gasteiger partial charge on any atom is -0.353 e. The van der Waals surface area contributed by atoms with Gasteiger partial charge in [-0.15, -0.1) is 0 Å². The first-order valence-electron chi connectivity index (χ1n) is 3.04. The van der Waals surface area contributed by atoms with Crippen LogP contribution in [-0.4, -0.2) is 34.4 Å². The quantitative estimate of drug-likeness (QED) is 0.467. The topological polar surface area (TPSA) is 102 Å². The lowest BCUT2D eigenvalue weighted by atomic mass is 10.6. The first-order valence-corrected chi connectivity index (χ1v) is 5.41. The van der Waals surface area contributed by atoms with Gasteiger partial charge in [0, 0.05) is 17.7 Å². The van der Waals surface area contributed by atoms with Gasteiger partial charge in [-0.25, -0.2) is 0 Å². The van der Waals surface area contributed by atoms with E-state index in [0.29, 0.717) is 0 Å². The fraction of sp³-hybridized carbons (Fsp3) is 0.750. The van der Waals surface area contributed by atoms with E-state index in [1.54, 1.807) is 0 Å². The lowest BCUT2D eigenvalue weighted by Crippen LogP contribution is -2.33. The van der Waals surface area contributed by atoms with Crippen LogP contribution in [0.1, 0.15) is 0 Å². The molecule has 0 spiro atoms. The van der Waals surface area contributed by atoms with Crippen molar-refractivity contribution in [2.75, 3.05) is 19.7 Å². The standard InChI is InChI=1S/C4H10N2O4S2/c5-3-4(7)6-1-2-10-12(8,9)11/h1-3,5H2,(H,6,7)(H,8,9,11). The monoisotopic (exact) mass is 214 g/mol. The maximum absolute atomic E-state index is 10.5. The summed E-state index contributed by atoms with van der Waals surface area (Å²) in [5.41, 5.74) is 4.96. The smallest absolute Gasteiger partial charge is 0.266 e. The van der Waals surface area contributed by atoms with Gasteiger partial charge in [0.2, 0.25) is 5.91 Å². The molecule has 1 amide bonds. The lowest BCUT2D eigenvalue weighted by Gasteiger charge is -2.02. The molecule has 0 aromatic heterocycles. The summed E-state index contributed by atoms with van der Waals surface area (Å²) in [7, 11) is -3.58. The summed E-state index contributed by atoms with van der Waals surface area (Å²) in [4.78, 5) is 10.5. The normalized spacial score (nSPS) is 15.2. The van der Waals surface area contributed by atoms with E-state index in [9.17, 15) is 9.00 Å². The van der Waals surface area contributed by atoms with Crippen LogP contribution in [-0.2, 0) is 29.2 Å². The molecule has 0 aliphatic heterocycles. The Labute approximate surface area is 75.2 Å². The largest absolute Gasteiger partial charge is 0.353 e. The summed E-state index contributed by atoms with van der Waals surface area (Å²) in [5, 5.41) is 2.33.